The SMILES string of the molecule is CNc1ccc(C(=O)N2CCC(C(F)(F)F)CC2)nn1. The Morgan fingerprint density at radius 1 is 1.30 bits per heavy atom. The molecule has 0 bridgehead atoms. The molecule has 1 fully saturated rings. The Morgan fingerprint density at radius 3 is 2.40 bits per heavy atom. The van der Waals surface area contributed by atoms with Crippen LogP contribution in [-0.2, 0) is 0 Å². The summed E-state index contributed by atoms with van der Waals surface area (Å²) < 4.78 is 37.6. The van der Waals surface area contributed by atoms with Gasteiger partial charge in [-0.15, -0.1) is 10.2 Å². The normalized spacial score (nSPS) is 17.1. The van der Waals surface area contributed by atoms with Gasteiger partial charge in [-0.05, 0) is 25.0 Å². The van der Waals surface area contributed by atoms with Crippen LogP contribution in [0.5, 0.6) is 0 Å². The fourth-order valence-electron chi connectivity index (χ4n) is 2.15. The molecule has 0 atom stereocenters. The first-order valence-electron chi connectivity index (χ1n) is 6.29. The van der Waals surface area contributed by atoms with E-state index in [1.54, 1.807) is 13.1 Å². The summed E-state index contributed by atoms with van der Waals surface area (Å²) in [4.78, 5) is 13.5. The highest BCUT2D eigenvalue weighted by atomic mass is 19.4. The lowest BCUT2D eigenvalue weighted by molar-refractivity contribution is -0.183. The summed E-state index contributed by atoms with van der Waals surface area (Å²) in [7, 11) is 1.67. The van der Waals surface area contributed by atoms with Gasteiger partial charge < -0.3 is 10.2 Å². The Morgan fingerprint density at radius 2 is 1.95 bits per heavy atom. The zero-order chi connectivity index (χ0) is 14.8. The number of hydrogen-bond donors (Lipinski definition) is 1. The van der Waals surface area contributed by atoms with Crippen molar-refractivity contribution in [3.05, 3.63) is 17.8 Å². The standard InChI is InChI=1S/C12H15F3N4O/c1-16-10-3-2-9(17-18-10)11(20)19-6-4-8(5-7-19)12(13,14)15/h2-3,8H,4-7H2,1H3,(H,16,18). The van der Waals surface area contributed by atoms with Crippen LogP contribution in [0.15, 0.2) is 12.1 Å². The van der Waals surface area contributed by atoms with Crippen LogP contribution in [0.3, 0.4) is 0 Å². The zero-order valence-corrected chi connectivity index (χ0v) is 10.9. The molecule has 0 radical (unpaired) electrons. The lowest BCUT2D eigenvalue weighted by Gasteiger charge is -2.32. The Balaban J connectivity index is 1.97. The highest BCUT2D eigenvalue weighted by Crippen LogP contribution is 2.34. The van der Waals surface area contributed by atoms with E-state index in [9.17, 15) is 18.0 Å². The minimum atomic E-state index is -4.18. The van der Waals surface area contributed by atoms with Crippen molar-refractivity contribution in [3.8, 4) is 0 Å². The number of hydrogen-bond acceptors (Lipinski definition) is 4. The molecule has 1 saturated heterocycles. The fraction of sp³-hybridized carbons (Fsp3) is 0.583. The molecule has 0 unspecified atom stereocenters. The number of halogens is 3. The minimum Gasteiger partial charge on any atom is -0.372 e. The van der Waals surface area contributed by atoms with Gasteiger partial charge in [-0.3, -0.25) is 4.79 Å². The Bertz CT molecular complexity index is 467. The third-order valence-electron chi connectivity index (χ3n) is 3.38. The van der Waals surface area contributed by atoms with Gasteiger partial charge in [0.1, 0.15) is 5.82 Å². The lowest BCUT2D eigenvalue weighted by Crippen LogP contribution is -2.42. The molecule has 0 aliphatic carbocycles. The van der Waals surface area contributed by atoms with E-state index in [4.69, 9.17) is 0 Å². The van der Waals surface area contributed by atoms with E-state index in [1.165, 1.54) is 11.0 Å². The van der Waals surface area contributed by atoms with Crippen molar-refractivity contribution in [2.24, 2.45) is 5.92 Å². The quantitative estimate of drug-likeness (QED) is 0.903. The number of nitrogens with zero attached hydrogens (tertiary/aromatic N) is 3. The summed E-state index contributed by atoms with van der Waals surface area (Å²) in [6.45, 7) is 0.191. The van der Waals surface area contributed by atoms with Gasteiger partial charge >= 0.3 is 6.18 Å². The molecule has 5 nitrogen and oxygen atoms in total. The summed E-state index contributed by atoms with van der Waals surface area (Å²) in [6.07, 6.45) is -4.29. The minimum absolute atomic E-state index is 0.0583. The summed E-state index contributed by atoms with van der Waals surface area (Å²) in [5.74, 6) is -1.16. The van der Waals surface area contributed by atoms with Gasteiger partial charge in [0.2, 0.25) is 0 Å². The van der Waals surface area contributed by atoms with Crippen LogP contribution in [-0.4, -0.2) is 47.3 Å². The molecule has 0 saturated carbocycles. The van der Waals surface area contributed by atoms with Gasteiger partial charge in [0.05, 0.1) is 5.92 Å². The number of rotatable bonds is 2. The van der Waals surface area contributed by atoms with Crippen molar-refractivity contribution in [1.29, 1.82) is 0 Å². The van der Waals surface area contributed by atoms with Gasteiger partial charge in [-0.2, -0.15) is 13.2 Å². The maximum absolute atomic E-state index is 12.5. The van der Waals surface area contributed by atoms with Crippen LogP contribution in [0.1, 0.15) is 23.3 Å². The van der Waals surface area contributed by atoms with Gasteiger partial charge in [0.25, 0.3) is 5.91 Å². The summed E-state index contributed by atoms with van der Waals surface area (Å²) >= 11 is 0. The molecular formula is C12H15F3N4O. The van der Waals surface area contributed by atoms with E-state index < -0.39 is 12.1 Å². The highest BCUT2D eigenvalue weighted by molar-refractivity contribution is 5.92. The van der Waals surface area contributed by atoms with E-state index >= 15 is 0 Å². The molecule has 110 valence electrons. The molecule has 1 aromatic heterocycles. The van der Waals surface area contributed by atoms with E-state index in [-0.39, 0.29) is 37.5 Å². The van der Waals surface area contributed by atoms with E-state index in [0.717, 1.165) is 0 Å². The first-order chi connectivity index (χ1) is 9.41. The van der Waals surface area contributed by atoms with Crippen molar-refractivity contribution in [2.45, 2.75) is 19.0 Å². The van der Waals surface area contributed by atoms with E-state index in [2.05, 4.69) is 15.5 Å². The maximum atomic E-state index is 12.5. The number of alkyl halides is 3. The molecule has 1 aliphatic rings. The largest absolute Gasteiger partial charge is 0.391 e. The third-order valence-corrected chi connectivity index (χ3v) is 3.38. The molecule has 1 amide bonds. The van der Waals surface area contributed by atoms with Gasteiger partial charge in [-0.25, -0.2) is 0 Å². The first kappa shape index (κ1) is 14.5. The highest BCUT2D eigenvalue weighted by Gasteiger charge is 2.41. The summed E-state index contributed by atoms with van der Waals surface area (Å²) in [5, 5.41) is 10.3. The number of carbonyl (C=O) groups is 1. The Kier molecular flexibility index (Phi) is 4.10. The molecule has 0 aromatic carbocycles. The third kappa shape index (κ3) is 3.17. The topological polar surface area (TPSA) is 58.1 Å². The second-order valence-corrected chi connectivity index (χ2v) is 4.66. The number of nitrogens with one attached hydrogen (secondary N) is 1. The Labute approximate surface area is 114 Å². The van der Waals surface area contributed by atoms with Crippen molar-refractivity contribution < 1.29 is 18.0 Å². The molecule has 1 N–H and O–H groups in total. The number of amides is 1. The maximum Gasteiger partial charge on any atom is 0.391 e. The molecule has 8 heteroatoms. The molecule has 2 rings (SSSR count). The number of carbonyl (C=O) groups excluding carboxylic acids is 1. The number of anilines is 1. The predicted octanol–water partition coefficient (Wildman–Crippen LogP) is 1.93. The van der Waals surface area contributed by atoms with Crippen molar-refractivity contribution >= 4 is 11.7 Å². The number of aromatic nitrogens is 2. The average molecular weight is 288 g/mol. The molecule has 0 spiro atoms. The zero-order valence-electron chi connectivity index (χ0n) is 10.9. The van der Waals surface area contributed by atoms with Crippen molar-refractivity contribution in [1.82, 2.24) is 15.1 Å². The van der Waals surface area contributed by atoms with Crippen molar-refractivity contribution in [3.63, 3.8) is 0 Å². The number of piperidine rings is 1. The monoisotopic (exact) mass is 288 g/mol. The van der Waals surface area contributed by atoms with Gasteiger partial charge in [0.15, 0.2) is 5.69 Å². The van der Waals surface area contributed by atoms with Crippen LogP contribution in [0.4, 0.5) is 19.0 Å². The molecule has 2 heterocycles. The average Bonchev–Trinajstić information content (AvgIpc) is 2.46. The second kappa shape index (κ2) is 5.64. The number of likely N-dealkylation sites (tertiary alicyclic amines) is 1. The first-order valence-corrected chi connectivity index (χ1v) is 6.29. The van der Waals surface area contributed by atoms with Crippen LogP contribution in [0, 0.1) is 5.92 Å². The van der Waals surface area contributed by atoms with E-state index in [0.29, 0.717) is 5.82 Å². The fourth-order valence-corrected chi connectivity index (χ4v) is 2.15. The van der Waals surface area contributed by atoms with Crippen molar-refractivity contribution in [2.75, 3.05) is 25.5 Å². The van der Waals surface area contributed by atoms with Crippen LogP contribution >= 0.6 is 0 Å². The molecular weight excluding hydrogens is 273 g/mol. The van der Waals surface area contributed by atoms with Gasteiger partial charge in [-0.1, -0.05) is 0 Å². The van der Waals surface area contributed by atoms with Crippen LogP contribution in [0.2, 0.25) is 0 Å². The lowest BCUT2D eigenvalue weighted by atomic mass is 9.96. The second-order valence-electron chi connectivity index (χ2n) is 4.66. The van der Waals surface area contributed by atoms with Crippen LogP contribution < -0.4 is 5.32 Å². The predicted molar refractivity (Wildman–Crippen MR) is 66.3 cm³/mol. The molecule has 20 heavy (non-hydrogen) atoms. The van der Waals surface area contributed by atoms with Gasteiger partial charge in [0, 0.05) is 20.1 Å². The molecule has 1 aliphatic heterocycles. The van der Waals surface area contributed by atoms with E-state index in [1.807, 2.05) is 0 Å². The van der Waals surface area contributed by atoms with Crippen LogP contribution in [0.25, 0.3) is 0 Å². The Hall–Kier alpha value is -1.86. The summed E-state index contributed by atoms with van der Waals surface area (Å²) in [6, 6.07) is 3.11. The molecule has 1 aromatic rings. The summed E-state index contributed by atoms with van der Waals surface area (Å²) in [5.41, 5.74) is 0.148. The smallest absolute Gasteiger partial charge is 0.372 e.